The molecule has 0 spiro atoms. The number of rotatable bonds is 3. The second kappa shape index (κ2) is 9.44. The zero-order valence-corrected chi connectivity index (χ0v) is 23.0. The first-order valence-corrected chi connectivity index (χ1v) is 14.3. The van der Waals surface area contributed by atoms with Crippen molar-refractivity contribution in [2.45, 2.75) is 0 Å². The van der Waals surface area contributed by atoms with E-state index in [2.05, 4.69) is 42.5 Å². The van der Waals surface area contributed by atoms with E-state index in [1.54, 1.807) is 0 Å². The second-order valence-electron chi connectivity index (χ2n) is 10.7. The molecule has 0 unspecified atom stereocenters. The molecule has 0 N–H and O–H groups in total. The highest BCUT2D eigenvalue weighted by Crippen LogP contribution is 2.46. The lowest BCUT2D eigenvalue weighted by Crippen LogP contribution is -1.91. The second-order valence-corrected chi connectivity index (χ2v) is 10.7. The lowest BCUT2D eigenvalue weighted by atomic mass is 9.84. The van der Waals surface area contributed by atoms with Crippen molar-refractivity contribution in [3.8, 4) is 33.4 Å². The van der Waals surface area contributed by atoms with Gasteiger partial charge in [0.05, 0.1) is 8.22 Å². The van der Waals surface area contributed by atoms with Crippen LogP contribution in [0.4, 0.5) is 0 Å². The lowest BCUT2D eigenvalue weighted by Gasteiger charge is -2.18. The molecular weight excluding hydrogens is 520 g/mol. The third kappa shape index (κ3) is 3.65. The molecule has 0 aliphatic carbocycles. The van der Waals surface area contributed by atoms with E-state index in [1.807, 2.05) is 78.9 Å². The fourth-order valence-corrected chi connectivity index (χ4v) is 6.53. The zero-order chi connectivity index (χ0) is 33.6. The first-order chi connectivity index (χ1) is 23.9. The van der Waals surface area contributed by atoms with Gasteiger partial charge in [0.1, 0.15) is 11.2 Å². The molecule has 200 valence electrons. The molecule has 0 saturated carbocycles. The molecule has 1 aromatic heterocycles. The quantitative estimate of drug-likeness (QED) is 0.199. The highest BCUT2D eigenvalue weighted by Gasteiger charge is 2.19. The van der Waals surface area contributed by atoms with Gasteiger partial charge in [0.2, 0.25) is 0 Å². The minimum Gasteiger partial charge on any atom is -0.456 e. The predicted octanol–water partition coefficient (Wildman–Crippen LogP) is 12.0. The Morgan fingerprint density at radius 3 is 1.79 bits per heavy atom. The third-order valence-electron chi connectivity index (χ3n) is 8.38. The minimum atomic E-state index is -0.296. The largest absolute Gasteiger partial charge is 0.456 e. The van der Waals surface area contributed by atoms with E-state index in [4.69, 9.17) is 8.53 Å². The van der Waals surface area contributed by atoms with Crippen molar-refractivity contribution in [1.29, 1.82) is 0 Å². The van der Waals surface area contributed by atoms with E-state index in [-0.39, 0.29) is 58.4 Å². The van der Waals surface area contributed by atoms with Crippen molar-refractivity contribution in [3.63, 3.8) is 0 Å². The molecule has 0 amide bonds. The molecule has 1 heteroatoms. The average Bonchev–Trinajstić information content (AvgIpc) is 3.54. The Balaban J connectivity index is 1.44. The van der Waals surface area contributed by atoms with Gasteiger partial charge in [-0.2, -0.15) is 0 Å². The normalized spacial score (nSPS) is 13.7. The number of furan rings is 1. The summed E-state index contributed by atoms with van der Waals surface area (Å²) in [6.07, 6.45) is 0. The van der Waals surface area contributed by atoms with E-state index < -0.39 is 0 Å². The van der Waals surface area contributed by atoms with Crippen LogP contribution in [0.1, 0.15) is 8.22 Å². The Morgan fingerprint density at radius 2 is 1.05 bits per heavy atom. The standard InChI is InChI=1S/C42H26O/c1-2-12-28(13-3-1)31-21-11-23-38-42(31)37-25-24-29(26-39(37)43-38)40-33-17-6-8-19-35(33)41(36-20-9-7-18-34(36)40)32-22-10-15-27-14-4-5-16-30(27)32/h1-26H/i11D,21D,23D,24D,25D,26D. The van der Waals surface area contributed by atoms with Gasteiger partial charge in [0, 0.05) is 10.8 Å². The number of benzene rings is 8. The first-order valence-electron chi connectivity index (χ1n) is 17.3. The summed E-state index contributed by atoms with van der Waals surface area (Å²) >= 11 is 0. The van der Waals surface area contributed by atoms with E-state index in [1.165, 1.54) is 0 Å². The van der Waals surface area contributed by atoms with Gasteiger partial charge in [0.15, 0.2) is 0 Å². The van der Waals surface area contributed by atoms with Gasteiger partial charge in [-0.25, -0.2) is 0 Å². The van der Waals surface area contributed by atoms with Crippen molar-refractivity contribution < 1.29 is 12.6 Å². The Morgan fingerprint density at radius 1 is 0.419 bits per heavy atom. The molecule has 1 nitrogen and oxygen atoms in total. The van der Waals surface area contributed by atoms with E-state index >= 15 is 0 Å². The summed E-state index contributed by atoms with van der Waals surface area (Å²) in [5.74, 6) is 0. The maximum atomic E-state index is 9.62. The summed E-state index contributed by atoms with van der Waals surface area (Å²) in [4.78, 5) is 0. The Bertz CT molecular complexity index is 2780. The van der Waals surface area contributed by atoms with Gasteiger partial charge >= 0.3 is 0 Å². The average molecular weight is 553 g/mol. The Hall–Kier alpha value is -5.66. The van der Waals surface area contributed by atoms with Crippen molar-refractivity contribution in [1.82, 2.24) is 0 Å². The maximum Gasteiger partial charge on any atom is 0.136 e. The maximum absolute atomic E-state index is 9.62. The van der Waals surface area contributed by atoms with Crippen LogP contribution in [0.2, 0.25) is 0 Å². The highest BCUT2D eigenvalue weighted by atomic mass is 16.3. The van der Waals surface area contributed by atoms with Crippen molar-refractivity contribution in [2.24, 2.45) is 0 Å². The first kappa shape index (κ1) is 18.7. The molecule has 9 rings (SSSR count). The topological polar surface area (TPSA) is 13.1 Å². The van der Waals surface area contributed by atoms with Crippen LogP contribution in [-0.2, 0) is 0 Å². The molecule has 0 aliphatic heterocycles. The molecular formula is C42H26O. The monoisotopic (exact) mass is 552 g/mol. The van der Waals surface area contributed by atoms with Crippen LogP contribution in [0.15, 0.2) is 162 Å². The van der Waals surface area contributed by atoms with Crippen molar-refractivity contribution in [3.05, 3.63) is 158 Å². The summed E-state index contributed by atoms with van der Waals surface area (Å²) in [5.41, 5.74) is 4.15. The molecule has 0 aliphatic rings. The van der Waals surface area contributed by atoms with Crippen LogP contribution < -0.4 is 0 Å². The third-order valence-corrected chi connectivity index (χ3v) is 8.38. The summed E-state index contributed by atoms with van der Waals surface area (Å²) in [6.45, 7) is 0. The van der Waals surface area contributed by atoms with E-state index in [0.717, 1.165) is 43.4 Å². The van der Waals surface area contributed by atoms with E-state index in [9.17, 15) is 4.11 Å². The lowest BCUT2D eigenvalue weighted by molar-refractivity contribution is 0.669. The van der Waals surface area contributed by atoms with Gasteiger partial charge in [-0.3, -0.25) is 0 Å². The van der Waals surface area contributed by atoms with Crippen molar-refractivity contribution in [2.75, 3.05) is 0 Å². The van der Waals surface area contributed by atoms with Crippen LogP contribution >= 0.6 is 0 Å². The van der Waals surface area contributed by atoms with Crippen LogP contribution in [0.3, 0.4) is 0 Å². The number of hydrogen-bond donors (Lipinski definition) is 0. The van der Waals surface area contributed by atoms with Gasteiger partial charge in [-0.1, -0.05) is 139 Å². The fourth-order valence-electron chi connectivity index (χ4n) is 6.53. The molecule has 8 aromatic carbocycles. The predicted molar refractivity (Wildman–Crippen MR) is 183 cm³/mol. The number of hydrogen-bond acceptors (Lipinski definition) is 1. The smallest absolute Gasteiger partial charge is 0.136 e. The molecule has 0 bridgehead atoms. The van der Waals surface area contributed by atoms with Gasteiger partial charge in [-0.05, 0) is 83.8 Å². The molecule has 43 heavy (non-hydrogen) atoms. The summed E-state index contributed by atoms with van der Waals surface area (Å²) in [6, 6.07) is 38.7. The van der Waals surface area contributed by atoms with Crippen molar-refractivity contribution >= 4 is 54.3 Å². The molecule has 0 saturated heterocycles. The van der Waals surface area contributed by atoms with Crippen LogP contribution in [0, 0.1) is 0 Å². The van der Waals surface area contributed by atoms with Crippen LogP contribution in [0.5, 0.6) is 0 Å². The SMILES string of the molecule is [2H]c1c([2H])c(-c2ccccc2)c2c(oc3c([2H])c(-c4c5ccccc5c(-c5cccc6ccccc56)c5ccccc45)c([2H])c([2H])c32)c1[2H]. The molecule has 0 atom stereocenters. The summed E-state index contributed by atoms with van der Waals surface area (Å²) < 4.78 is 61.0. The van der Waals surface area contributed by atoms with E-state index in [0.29, 0.717) is 22.1 Å². The molecule has 0 fully saturated rings. The molecule has 0 radical (unpaired) electrons. The number of fused-ring (bicyclic) bond motifs is 6. The Kier molecular flexibility index (Phi) is 4.11. The fraction of sp³-hybridized carbons (Fsp3) is 0. The van der Waals surface area contributed by atoms with Gasteiger partial charge in [0.25, 0.3) is 0 Å². The highest BCUT2D eigenvalue weighted by molar-refractivity contribution is 6.24. The van der Waals surface area contributed by atoms with Gasteiger partial charge in [-0.15, -0.1) is 0 Å². The summed E-state index contributed by atoms with van der Waals surface area (Å²) in [5, 5.41) is 6.37. The molecule has 9 aromatic rings. The zero-order valence-electron chi connectivity index (χ0n) is 29.0. The summed E-state index contributed by atoms with van der Waals surface area (Å²) in [7, 11) is 0. The Labute approximate surface area is 257 Å². The van der Waals surface area contributed by atoms with Gasteiger partial charge < -0.3 is 4.42 Å². The van der Waals surface area contributed by atoms with Crippen LogP contribution in [-0.4, -0.2) is 0 Å². The minimum absolute atomic E-state index is 0.0365. The van der Waals surface area contributed by atoms with Crippen LogP contribution in [0.25, 0.3) is 87.6 Å². The molecule has 1 heterocycles.